The molecule has 0 saturated carbocycles. The summed E-state index contributed by atoms with van der Waals surface area (Å²) in [5.74, 6) is -0.0628. The number of aromatic nitrogens is 2. The van der Waals surface area contributed by atoms with E-state index in [-0.39, 0.29) is 24.1 Å². The first-order chi connectivity index (χ1) is 12.5. The summed E-state index contributed by atoms with van der Waals surface area (Å²) in [6.07, 6.45) is 0. The minimum absolute atomic E-state index is 0.0202. The summed E-state index contributed by atoms with van der Waals surface area (Å²) in [6.45, 7) is 7.58. The number of hydrogen-bond donors (Lipinski definition) is 0. The van der Waals surface area contributed by atoms with Crippen LogP contribution in [0.3, 0.4) is 0 Å². The molecule has 1 aromatic heterocycles. The van der Waals surface area contributed by atoms with E-state index in [1.54, 1.807) is 6.07 Å². The average Bonchev–Trinajstić information content (AvgIpc) is 2.66. The van der Waals surface area contributed by atoms with Crippen molar-refractivity contribution in [3.05, 3.63) is 40.3 Å². The number of nitrogens with zero attached hydrogens (tertiary/aromatic N) is 4. The molecule has 0 unspecified atom stereocenters. The molecular weight excluding hydrogens is 332 g/mol. The molecule has 138 valence electrons. The number of piperazine rings is 1. The lowest BCUT2D eigenvalue weighted by molar-refractivity contribution is -0.140. The molecule has 2 aromatic rings. The molecule has 0 bridgehead atoms. The molecular formula is C19H24N4O3. The Hall–Kier alpha value is -2.25. The first kappa shape index (κ1) is 17.2. The fourth-order valence-electron chi connectivity index (χ4n) is 4.03. The SMILES string of the molecule is Cc1nn(CC(=O)N2CCN3[C@@H](COC[C@@H]3C)C2)c(=O)c2ccccc12. The maximum absolute atomic E-state index is 12.8. The van der Waals surface area contributed by atoms with Crippen LogP contribution in [0.5, 0.6) is 0 Å². The molecule has 0 spiro atoms. The van der Waals surface area contributed by atoms with Gasteiger partial charge in [0.15, 0.2) is 0 Å². The van der Waals surface area contributed by atoms with Crippen molar-refractivity contribution in [3.63, 3.8) is 0 Å². The molecule has 4 rings (SSSR count). The number of aryl methyl sites for hydroxylation is 1. The van der Waals surface area contributed by atoms with Crippen LogP contribution in [-0.4, -0.2) is 70.4 Å². The highest BCUT2D eigenvalue weighted by Crippen LogP contribution is 2.19. The van der Waals surface area contributed by atoms with Gasteiger partial charge < -0.3 is 9.64 Å². The third-order valence-corrected chi connectivity index (χ3v) is 5.45. The summed E-state index contributed by atoms with van der Waals surface area (Å²) in [7, 11) is 0. The molecule has 2 saturated heterocycles. The van der Waals surface area contributed by atoms with E-state index in [1.165, 1.54) is 4.68 Å². The van der Waals surface area contributed by atoms with E-state index in [2.05, 4.69) is 16.9 Å². The third-order valence-electron chi connectivity index (χ3n) is 5.45. The maximum atomic E-state index is 12.8. The predicted molar refractivity (Wildman–Crippen MR) is 98.1 cm³/mol. The number of amides is 1. The van der Waals surface area contributed by atoms with Crippen LogP contribution in [0.15, 0.2) is 29.1 Å². The van der Waals surface area contributed by atoms with Gasteiger partial charge in [0, 0.05) is 31.1 Å². The van der Waals surface area contributed by atoms with Crippen molar-refractivity contribution in [2.45, 2.75) is 32.5 Å². The summed E-state index contributed by atoms with van der Waals surface area (Å²) in [5, 5.41) is 5.79. The van der Waals surface area contributed by atoms with E-state index >= 15 is 0 Å². The molecule has 2 atom stereocenters. The summed E-state index contributed by atoms with van der Waals surface area (Å²) in [5.41, 5.74) is 0.542. The second-order valence-electron chi connectivity index (χ2n) is 7.21. The number of benzene rings is 1. The van der Waals surface area contributed by atoms with E-state index in [4.69, 9.17) is 4.74 Å². The predicted octanol–water partition coefficient (Wildman–Crippen LogP) is 0.636. The van der Waals surface area contributed by atoms with Crippen molar-refractivity contribution in [1.82, 2.24) is 19.6 Å². The Morgan fingerprint density at radius 1 is 1.23 bits per heavy atom. The third kappa shape index (κ3) is 3.01. The fraction of sp³-hybridized carbons (Fsp3) is 0.526. The first-order valence-electron chi connectivity index (χ1n) is 9.12. The maximum Gasteiger partial charge on any atom is 0.275 e. The second-order valence-corrected chi connectivity index (χ2v) is 7.21. The van der Waals surface area contributed by atoms with E-state index in [0.717, 1.165) is 24.2 Å². The van der Waals surface area contributed by atoms with Crippen molar-refractivity contribution >= 4 is 16.7 Å². The van der Waals surface area contributed by atoms with Gasteiger partial charge in [-0.15, -0.1) is 0 Å². The van der Waals surface area contributed by atoms with Gasteiger partial charge in [-0.1, -0.05) is 18.2 Å². The van der Waals surface area contributed by atoms with Gasteiger partial charge in [0.1, 0.15) is 6.54 Å². The highest BCUT2D eigenvalue weighted by atomic mass is 16.5. The Balaban J connectivity index is 1.53. The summed E-state index contributed by atoms with van der Waals surface area (Å²) >= 11 is 0. The largest absolute Gasteiger partial charge is 0.378 e. The number of rotatable bonds is 2. The van der Waals surface area contributed by atoms with E-state index < -0.39 is 0 Å². The van der Waals surface area contributed by atoms with Crippen LogP contribution in [0, 0.1) is 6.92 Å². The van der Waals surface area contributed by atoms with Gasteiger partial charge in [-0.05, 0) is 19.9 Å². The molecule has 1 amide bonds. The Morgan fingerprint density at radius 2 is 2.00 bits per heavy atom. The monoisotopic (exact) mass is 356 g/mol. The van der Waals surface area contributed by atoms with Gasteiger partial charge in [-0.2, -0.15) is 5.10 Å². The molecule has 2 aliphatic heterocycles. The highest BCUT2D eigenvalue weighted by molar-refractivity contribution is 5.83. The van der Waals surface area contributed by atoms with Crippen molar-refractivity contribution in [2.75, 3.05) is 32.8 Å². The van der Waals surface area contributed by atoms with Gasteiger partial charge >= 0.3 is 0 Å². The zero-order valence-electron chi connectivity index (χ0n) is 15.2. The number of carbonyl (C=O) groups excluding carboxylic acids is 1. The topological polar surface area (TPSA) is 67.7 Å². The number of morpholine rings is 1. The van der Waals surface area contributed by atoms with Crippen molar-refractivity contribution in [1.29, 1.82) is 0 Å². The molecule has 0 aliphatic carbocycles. The van der Waals surface area contributed by atoms with Gasteiger partial charge in [-0.25, -0.2) is 4.68 Å². The molecule has 26 heavy (non-hydrogen) atoms. The van der Waals surface area contributed by atoms with Crippen LogP contribution in [0.4, 0.5) is 0 Å². The molecule has 0 N–H and O–H groups in total. The van der Waals surface area contributed by atoms with Crippen LogP contribution in [-0.2, 0) is 16.1 Å². The standard InChI is InChI=1S/C19H24N4O3/c1-13-11-26-12-15-9-21(7-8-22(13)15)18(24)10-23-19(25)17-6-4-3-5-16(17)14(2)20-23/h3-6,13,15H,7-12H2,1-2H3/t13-,15+/m0/s1. The van der Waals surface area contributed by atoms with E-state index in [0.29, 0.717) is 31.1 Å². The summed E-state index contributed by atoms with van der Waals surface area (Å²) in [6, 6.07) is 8.01. The average molecular weight is 356 g/mol. The van der Waals surface area contributed by atoms with Gasteiger partial charge in [0.25, 0.3) is 5.56 Å². The van der Waals surface area contributed by atoms with Crippen molar-refractivity contribution in [2.24, 2.45) is 0 Å². The quantitative estimate of drug-likeness (QED) is 0.790. The van der Waals surface area contributed by atoms with E-state index in [9.17, 15) is 9.59 Å². The Labute approximate surface area is 152 Å². The van der Waals surface area contributed by atoms with Gasteiger partial charge in [0.2, 0.25) is 5.91 Å². The van der Waals surface area contributed by atoms with Crippen molar-refractivity contribution in [3.8, 4) is 0 Å². The molecule has 7 nitrogen and oxygen atoms in total. The molecule has 2 aliphatic rings. The number of fused-ring (bicyclic) bond motifs is 2. The normalized spacial score (nSPS) is 23.8. The lowest BCUT2D eigenvalue weighted by Gasteiger charge is -2.46. The van der Waals surface area contributed by atoms with Crippen LogP contribution < -0.4 is 5.56 Å². The Bertz CT molecular complexity index is 894. The number of carbonyl (C=O) groups is 1. The minimum Gasteiger partial charge on any atom is -0.378 e. The molecule has 1 aromatic carbocycles. The minimum atomic E-state index is -0.215. The zero-order valence-corrected chi connectivity index (χ0v) is 15.2. The number of ether oxygens (including phenoxy) is 1. The van der Waals surface area contributed by atoms with Crippen LogP contribution in [0.25, 0.3) is 10.8 Å². The van der Waals surface area contributed by atoms with E-state index in [1.807, 2.05) is 30.0 Å². The van der Waals surface area contributed by atoms with Gasteiger partial charge in [-0.3, -0.25) is 14.5 Å². The first-order valence-corrected chi connectivity index (χ1v) is 9.12. The Kier molecular flexibility index (Phi) is 4.50. The smallest absolute Gasteiger partial charge is 0.275 e. The summed E-state index contributed by atoms with van der Waals surface area (Å²) < 4.78 is 6.93. The van der Waals surface area contributed by atoms with Crippen LogP contribution >= 0.6 is 0 Å². The lowest BCUT2D eigenvalue weighted by atomic mass is 10.1. The second kappa shape index (κ2) is 6.81. The fourth-order valence-corrected chi connectivity index (χ4v) is 4.03. The highest BCUT2D eigenvalue weighted by Gasteiger charge is 2.35. The molecule has 7 heteroatoms. The molecule has 3 heterocycles. The van der Waals surface area contributed by atoms with Crippen molar-refractivity contribution < 1.29 is 9.53 Å². The Morgan fingerprint density at radius 3 is 2.81 bits per heavy atom. The molecule has 2 fully saturated rings. The molecule has 0 radical (unpaired) electrons. The summed E-state index contributed by atoms with van der Waals surface area (Å²) in [4.78, 5) is 29.7. The zero-order chi connectivity index (χ0) is 18.3. The number of hydrogen-bond acceptors (Lipinski definition) is 5. The van der Waals surface area contributed by atoms with Crippen LogP contribution in [0.2, 0.25) is 0 Å². The lowest BCUT2D eigenvalue weighted by Crippen LogP contribution is -2.62. The van der Waals surface area contributed by atoms with Gasteiger partial charge in [0.05, 0.1) is 30.3 Å². The van der Waals surface area contributed by atoms with Crippen LogP contribution in [0.1, 0.15) is 12.6 Å².